The van der Waals surface area contributed by atoms with Crippen molar-refractivity contribution in [3.63, 3.8) is 0 Å². The van der Waals surface area contributed by atoms with Gasteiger partial charge >= 0.3 is 0 Å². The molecule has 1 unspecified atom stereocenters. The molecule has 0 radical (unpaired) electrons. The molecule has 18 heavy (non-hydrogen) atoms. The maximum Gasteiger partial charge on any atom is 0.147 e. The molecule has 1 fully saturated rings. The Balaban J connectivity index is 2.47. The summed E-state index contributed by atoms with van der Waals surface area (Å²) in [6.07, 6.45) is 1.38. The van der Waals surface area contributed by atoms with Crippen LogP contribution in [0.3, 0.4) is 0 Å². The largest absolute Gasteiger partial charge is 0.391 e. The quantitative estimate of drug-likeness (QED) is 0.846. The van der Waals surface area contributed by atoms with E-state index in [9.17, 15) is 10.4 Å². The second-order valence-electron chi connectivity index (χ2n) is 4.69. The van der Waals surface area contributed by atoms with Crippen molar-refractivity contribution < 1.29 is 5.11 Å². The fraction of sp³-hybridized carbons (Fsp3) is 0.538. The maximum absolute atomic E-state index is 9.72. The molecule has 1 N–H and O–H groups in total. The number of aliphatic hydroxyl groups is 1. The minimum atomic E-state index is -0.344. The van der Waals surface area contributed by atoms with E-state index in [1.807, 2.05) is 18.7 Å². The number of nitrogens with zero attached hydrogens (tertiary/aromatic N) is 3. The topological polar surface area (TPSA) is 60.1 Å². The Morgan fingerprint density at radius 1 is 1.50 bits per heavy atom. The molecule has 1 atom stereocenters. The molecule has 1 saturated heterocycles. The van der Waals surface area contributed by atoms with Crippen LogP contribution in [0.2, 0.25) is 5.02 Å². The van der Waals surface area contributed by atoms with E-state index in [2.05, 4.69) is 11.1 Å². The number of aliphatic hydroxyl groups excluding tert-OH is 1. The number of pyridine rings is 1. The first kappa shape index (κ1) is 13.1. The van der Waals surface area contributed by atoms with E-state index < -0.39 is 0 Å². The molecule has 96 valence electrons. The van der Waals surface area contributed by atoms with Gasteiger partial charge in [0.05, 0.1) is 22.4 Å². The van der Waals surface area contributed by atoms with E-state index >= 15 is 0 Å². The normalized spacial score (nSPS) is 19.7. The molecule has 0 saturated carbocycles. The van der Waals surface area contributed by atoms with Gasteiger partial charge in [0.25, 0.3) is 0 Å². The van der Waals surface area contributed by atoms with Crippen LogP contribution < -0.4 is 4.90 Å². The predicted molar refractivity (Wildman–Crippen MR) is 70.9 cm³/mol. The number of aromatic nitrogens is 1. The van der Waals surface area contributed by atoms with Gasteiger partial charge in [0, 0.05) is 13.1 Å². The average Bonchev–Trinajstić information content (AvgIpc) is 2.35. The zero-order valence-electron chi connectivity index (χ0n) is 10.6. The van der Waals surface area contributed by atoms with Crippen molar-refractivity contribution in [2.45, 2.75) is 32.8 Å². The van der Waals surface area contributed by atoms with Crippen molar-refractivity contribution in [1.82, 2.24) is 4.98 Å². The summed E-state index contributed by atoms with van der Waals surface area (Å²) < 4.78 is 0. The first-order valence-electron chi connectivity index (χ1n) is 6.04. The van der Waals surface area contributed by atoms with E-state index in [-0.39, 0.29) is 6.10 Å². The Hall–Kier alpha value is -1.31. The number of rotatable bonds is 1. The van der Waals surface area contributed by atoms with Crippen LogP contribution in [0.25, 0.3) is 0 Å². The molecule has 1 aliphatic rings. The van der Waals surface area contributed by atoms with E-state index in [4.69, 9.17) is 11.6 Å². The van der Waals surface area contributed by atoms with E-state index in [1.54, 1.807) is 0 Å². The van der Waals surface area contributed by atoms with Gasteiger partial charge in [0.15, 0.2) is 0 Å². The van der Waals surface area contributed by atoms with Crippen LogP contribution in [-0.2, 0) is 0 Å². The molecule has 4 nitrogen and oxygen atoms in total. The molecule has 0 bridgehead atoms. The van der Waals surface area contributed by atoms with Gasteiger partial charge in [0.1, 0.15) is 11.9 Å². The summed E-state index contributed by atoms with van der Waals surface area (Å²) in [6, 6.07) is 2.17. The molecule has 2 heterocycles. The zero-order valence-corrected chi connectivity index (χ0v) is 11.3. The van der Waals surface area contributed by atoms with Gasteiger partial charge in [-0.2, -0.15) is 5.26 Å². The molecule has 1 aliphatic heterocycles. The Bertz CT molecular complexity index is 510. The average molecular weight is 266 g/mol. The fourth-order valence-electron chi connectivity index (χ4n) is 2.32. The smallest absolute Gasteiger partial charge is 0.147 e. The molecule has 0 spiro atoms. The lowest BCUT2D eigenvalue weighted by Gasteiger charge is -2.32. The summed E-state index contributed by atoms with van der Waals surface area (Å²) in [7, 11) is 0. The van der Waals surface area contributed by atoms with E-state index in [0.717, 1.165) is 30.6 Å². The minimum Gasteiger partial charge on any atom is -0.391 e. The first-order valence-corrected chi connectivity index (χ1v) is 6.42. The van der Waals surface area contributed by atoms with Crippen LogP contribution in [0.15, 0.2) is 0 Å². The van der Waals surface area contributed by atoms with Crippen molar-refractivity contribution in [3.8, 4) is 6.07 Å². The summed E-state index contributed by atoms with van der Waals surface area (Å²) in [5.74, 6) is 0.649. The van der Waals surface area contributed by atoms with Crippen LogP contribution in [0.4, 0.5) is 5.82 Å². The lowest BCUT2D eigenvalue weighted by Crippen LogP contribution is -2.39. The predicted octanol–water partition coefficient (Wildman–Crippen LogP) is 2.18. The Morgan fingerprint density at radius 2 is 2.22 bits per heavy atom. The molecule has 0 amide bonds. The SMILES string of the molecule is Cc1nc(N2CCCC(O)C2)c(C#N)c(C)c1Cl. The highest BCUT2D eigenvalue weighted by Crippen LogP contribution is 2.30. The van der Waals surface area contributed by atoms with Gasteiger partial charge in [-0.25, -0.2) is 4.98 Å². The second-order valence-corrected chi connectivity index (χ2v) is 5.07. The van der Waals surface area contributed by atoms with Crippen molar-refractivity contribution in [3.05, 3.63) is 21.8 Å². The number of piperidine rings is 1. The summed E-state index contributed by atoms with van der Waals surface area (Å²) in [5, 5.41) is 19.5. The van der Waals surface area contributed by atoms with Crippen LogP contribution in [0, 0.1) is 25.2 Å². The number of hydrogen-bond donors (Lipinski definition) is 1. The van der Waals surface area contributed by atoms with Crippen LogP contribution in [0.1, 0.15) is 29.7 Å². The lowest BCUT2D eigenvalue weighted by molar-refractivity contribution is 0.154. The number of β-amino-alcohol motifs (C(OH)–C–C–N with tert-alkyl or cyclic N) is 1. The van der Waals surface area contributed by atoms with Crippen LogP contribution >= 0.6 is 11.6 Å². The molecular weight excluding hydrogens is 250 g/mol. The minimum absolute atomic E-state index is 0.344. The van der Waals surface area contributed by atoms with Gasteiger partial charge in [0.2, 0.25) is 0 Å². The van der Waals surface area contributed by atoms with E-state index in [0.29, 0.717) is 22.9 Å². The summed E-state index contributed by atoms with van der Waals surface area (Å²) in [4.78, 5) is 6.40. The van der Waals surface area contributed by atoms with E-state index in [1.165, 1.54) is 0 Å². The van der Waals surface area contributed by atoms with Crippen molar-refractivity contribution in [2.24, 2.45) is 0 Å². The van der Waals surface area contributed by atoms with Gasteiger partial charge in [-0.05, 0) is 32.3 Å². The zero-order chi connectivity index (χ0) is 13.3. The number of nitriles is 1. The highest BCUT2D eigenvalue weighted by Gasteiger charge is 2.23. The van der Waals surface area contributed by atoms with Gasteiger partial charge < -0.3 is 10.0 Å². The lowest BCUT2D eigenvalue weighted by atomic mass is 10.1. The molecule has 0 aromatic carbocycles. The standard InChI is InChI=1S/C13H16ClN3O/c1-8-11(6-15)13(16-9(2)12(8)14)17-5-3-4-10(18)7-17/h10,18H,3-5,7H2,1-2H3. The second kappa shape index (κ2) is 5.13. The molecule has 1 aromatic rings. The Kier molecular flexibility index (Phi) is 3.74. The van der Waals surface area contributed by atoms with Crippen molar-refractivity contribution in [2.75, 3.05) is 18.0 Å². The number of hydrogen-bond acceptors (Lipinski definition) is 4. The summed E-state index contributed by atoms with van der Waals surface area (Å²) in [6.45, 7) is 5.02. The van der Waals surface area contributed by atoms with Gasteiger partial charge in [-0.3, -0.25) is 0 Å². The summed E-state index contributed by atoms with van der Waals surface area (Å²) in [5.41, 5.74) is 2.00. The summed E-state index contributed by atoms with van der Waals surface area (Å²) >= 11 is 6.12. The monoisotopic (exact) mass is 265 g/mol. The number of halogens is 1. The number of anilines is 1. The van der Waals surface area contributed by atoms with Crippen LogP contribution in [0.5, 0.6) is 0 Å². The maximum atomic E-state index is 9.72. The van der Waals surface area contributed by atoms with Crippen molar-refractivity contribution in [1.29, 1.82) is 5.26 Å². The third kappa shape index (κ3) is 2.29. The highest BCUT2D eigenvalue weighted by atomic mass is 35.5. The molecule has 0 aliphatic carbocycles. The molecule has 2 rings (SSSR count). The molecular formula is C13H16ClN3O. The van der Waals surface area contributed by atoms with Crippen molar-refractivity contribution >= 4 is 17.4 Å². The molecule has 5 heteroatoms. The first-order chi connectivity index (χ1) is 8.54. The van der Waals surface area contributed by atoms with Crippen LogP contribution in [-0.4, -0.2) is 29.3 Å². The third-order valence-electron chi connectivity index (χ3n) is 3.33. The van der Waals surface area contributed by atoms with Gasteiger partial charge in [-0.1, -0.05) is 11.6 Å². The fourth-order valence-corrected chi connectivity index (χ4v) is 2.46. The third-order valence-corrected chi connectivity index (χ3v) is 3.88. The number of aryl methyl sites for hydroxylation is 1. The molecule has 1 aromatic heterocycles. The highest BCUT2D eigenvalue weighted by molar-refractivity contribution is 6.32. The Morgan fingerprint density at radius 3 is 2.83 bits per heavy atom. The van der Waals surface area contributed by atoms with Gasteiger partial charge in [-0.15, -0.1) is 0 Å². The Labute approximate surface area is 112 Å².